The minimum absolute atomic E-state index is 0.0546. The second-order valence-electron chi connectivity index (χ2n) is 3.58. The lowest BCUT2D eigenvalue weighted by Gasteiger charge is -2.12. The number of aromatic carboxylic acids is 1. The molecule has 0 saturated heterocycles. The fourth-order valence-electron chi connectivity index (χ4n) is 1.10. The zero-order valence-electron chi connectivity index (χ0n) is 9.99. The number of nitrogens with one attached hydrogen (secondary N) is 1. The van der Waals surface area contributed by atoms with Gasteiger partial charge in [-0.1, -0.05) is 0 Å². The Morgan fingerprint density at radius 1 is 1.39 bits per heavy atom. The minimum atomic E-state index is -3.33. The molecule has 8 nitrogen and oxygen atoms in total. The average Bonchev–Trinajstić information content (AvgIpc) is 2.29. The average molecular weight is 274 g/mol. The number of carboxylic acid groups (broad SMARTS) is 1. The van der Waals surface area contributed by atoms with Gasteiger partial charge in [0, 0.05) is 33.0 Å². The molecule has 0 unspecified atom stereocenters. The summed E-state index contributed by atoms with van der Waals surface area (Å²) < 4.78 is 24.0. The van der Waals surface area contributed by atoms with Crippen LogP contribution in [-0.2, 0) is 10.0 Å². The highest BCUT2D eigenvalue weighted by atomic mass is 32.2. The van der Waals surface area contributed by atoms with Crippen molar-refractivity contribution in [3.05, 3.63) is 18.1 Å². The van der Waals surface area contributed by atoms with Crippen molar-refractivity contribution in [1.82, 2.24) is 14.3 Å². The molecule has 0 aliphatic rings. The number of hydrogen-bond acceptors (Lipinski definition) is 6. The van der Waals surface area contributed by atoms with Crippen LogP contribution in [0.15, 0.2) is 12.4 Å². The summed E-state index contributed by atoms with van der Waals surface area (Å²) in [5.74, 6) is -1.32. The number of rotatable bonds is 6. The maximum absolute atomic E-state index is 11.5. The molecule has 9 heteroatoms. The fourth-order valence-corrected chi connectivity index (χ4v) is 1.83. The molecule has 0 aliphatic carbocycles. The lowest BCUT2D eigenvalue weighted by atomic mass is 10.4. The van der Waals surface area contributed by atoms with Gasteiger partial charge in [-0.05, 0) is 0 Å². The van der Waals surface area contributed by atoms with Gasteiger partial charge in [0.15, 0.2) is 11.5 Å². The summed E-state index contributed by atoms with van der Waals surface area (Å²) >= 11 is 0. The Labute approximate surface area is 105 Å². The van der Waals surface area contributed by atoms with Gasteiger partial charge in [-0.2, -0.15) is 0 Å². The van der Waals surface area contributed by atoms with E-state index in [2.05, 4.69) is 15.3 Å². The molecule has 1 rings (SSSR count). The number of nitrogens with zero attached hydrogens (tertiary/aromatic N) is 3. The van der Waals surface area contributed by atoms with E-state index in [4.69, 9.17) is 5.11 Å². The van der Waals surface area contributed by atoms with Crippen LogP contribution in [0.25, 0.3) is 0 Å². The van der Waals surface area contributed by atoms with Crippen molar-refractivity contribution in [2.75, 3.05) is 31.7 Å². The zero-order chi connectivity index (χ0) is 13.8. The smallest absolute Gasteiger partial charge is 0.358 e. The first-order valence-corrected chi connectivity index (χ1v) is 6.64. The molecule has 0 aliphatic heterocycles. The van der Waals surface area contributed by atoms with Crippen molar-refractivity contribution < 1.29 is 18.3 Å². The standard InChI is InChI=1S/C9H14N4O4S/c1-13(2)18(16,17)6-5-12-8-7(9(14)15)10-3-4-11-8/h3-4H,5-6H2,1-2H3,(H,11,12)(H,14,15). The Kier molecular flexibility index (Phi) is 4.56. The summed E-state index contributed by atoms with van der Waals surface area (Å²) in [6.07, 6.45) is 2.58. The molecule has 0 fully saturated rings. The van der Waals surface area contributed by atoms with Gasteiger partial charge in [0.2, 0.25) is 10.0 Å². The monoisotopic (exact) mass is 274 g/mol. The predicted octanol–water partition coefficient (Wildman–Crippen LogP) is -0.522. The van der Waals surface area contributed by atoms with Crippen molar-refractivity contribution in [2.24, 2.45) is 0 Å². The molecule has 2 N–H and O–H groups in total. The van der Waals surface area contributed by atoms with Crippen LogP contribution in [0.1, 0.15) is 10.5 Å². The van der Waals surface area contributed by atoms with Crippen LogP contribution in [0.3, 0.4) is 0 Å². The lowest BCUT2D eigenvalue weighted by Crippen LogP contribution is -2.28. The van der Waals surface area contributed by atoms with Crippen LogP contribution < -0.4 is 5.32 Å². The number of hydrogen-bond donors (Lipinski definition) is 2. The molecule has 100 valence electrons. The summed E-state index contributed by atoms with van der Waals surface area (Å²) in [7, 11) is -0.464. The van der Waals surface area contributed by atoms with Gasteiger partial charge in [0.1, 0.15) is 0 Å². The van der Waals surface area contributed by atoms with E-state index in [1.807, 2.05) is 0 Å². The normalized spacial score (nSPS) is 11.5. The van der Waals surface area contributed by atoms with E-state index < -0.39 is 16.0 Å². The Morgan fingerprint density at radius 3 is 2.56 bits per heavy atom. The summed E-state index contributed by atoms with van der Waals surface area (Å²) in [4.78, 5) is 18.3. The SMILES string of the molecule is CN(C)S(=O)(=O)CCNc1nccnc1C(=O)O. The van der Waals surface area contributed by atoms with E-state index in [-0.39, 0.29) is 23.8 Å². The Hall–Kier alpha value is -1.74. The van der Waals surface area contributed by atoms with Crippen molar-refractivity contribution >= 4 is 21.8 Å². The first-order valence-electron chi connectivity index (χ1n) is 5.03. The Morgan fingerprint density at radius 2 is 2.00 bits per heavy atom. The van der Waals surface area contributed by atoms with Crippen molar-refractivity contribution in [1.29, 1.82) is 0 Å². The molecule has 0 radical (unpaired) electrons. The molecular weight excluding hydrogens is 260 g/mol. The summed E-state index contributed by atoms with van der Waals surface area (Å²) in [6.45, 7) is 0.0550. The third-order valence-corrected chi connectivity index (χ3v) is 3.94. The maximum atomic E-state index is 11.5. The highest BCUT2D eigenvalue weighted by Crippen LogP contribution is 2.07. The van der Waals surface area contributed by atoms with Gasteiger partial charge in [0.25, 0.3) is 0 Å². The molecule has 0 spiro atoms. The molecule has 1 aromatic rings. The number of sulfonamides is 1. The van der Waals surface area contributed by atoms with E-state index in [1.54, 1.807) is 0 Å². The van der Waals surface area contributed by atoms with Crippen LogP contribution in [0.2, 0.25) is 0 Å². The molecule has 0 atom stereocenters. The van der Waals surface area contributed by atoms with E-state index in [0.717, 1.165) is 4.31 Å². The molecule has 1 aromatic heterocycles. The van der Waals surface area contributed by atoms with Gasteiger partial charge in [-0.15, -0.1) is 0 Å². The molecule has 0 bridgehead atoms. The summed E-state index contributed by atoms with van der Waals surface area (Å²) in [5, 5.41) is 11.5. The molecule has 1 heterocycles. The van der Waals surface area contributed by atoms with Crippen LogP contribution in [0, 0.1) is 0 Å². The van der Waals surface area contributed by atoms with Crippen LogP contribution in [-0.4, -0.2) is 60.2 Å². The molecule has 0 aromatic carbocycles. The highest BCUT2D eigenvalue weighted by Gasteiger charge is 2.15. The maximum Gasteiger partial charge on any atom is 0.358 e. The number of anilines is 1. The summed E-state index contributed by atoms with van der Waals surface area (Å²) in [6, 6.07) is 0. The van der Waals surface area contributed by atoms with E-state index in [1.165, 1.54) is 26.5 Å². The van der Waals surface area contributed by atoms with Crippen LogP contribution >= 0.6 is 0 Å². The van der Waals surface area contributed by atoms with Gasteiger partial charge < -0.3 is 10.4 Å². The van der Waals surface area contributed by atoms with Crippen molar-refractivity contribution in [2.45, 2.75) is 0 Å². The van der Waals surface area contributed by atoms with Gasteiger partial charge >= 0.3 is 5.97 Å². The predicted molar refractivity (Wildman–Crippen MR) is 65.0 cm³/mol. The lowest BCUT2D eigenvalue weighted by molar-refractivity contribution is 0.0691. The molecule has 18 heavy (non-hydrogen) atoms. The van der Waals surface area contributed by atoms with E-state index >= 15 is 0 Å². The molecule has 0 amide bonds. The number of aromatic nitrogens is 2. The number of carboxylic acids is 1. The largest absolute Gasteiger partial charge is 0.476 e. The molecular formula is C9H14N4O4S. The quantitative estimate of drug-likeness (QED) is 0.717. The van der Waals surface area contributed by atoms with Crippen molar-refractivity contribution in [3.8, 4) is 0 Å². The third kappa shape index (κ3) is 3.64. The number of carbonyl (C=O) groups is 1. The third-order valence-electron chi connectivity index (χ3n) is 2.11. The van der Waals surface area contributed by atoms with Gasteiger partial charge in [-0.25, -0.2) is 27.5 Å². The first kappa shape index (κ1) is 14.3. The second-order valence-corrected chi connectivity index (χ2v) is 5.89. The van der Waals surface area contributed by atoms with E-state index in [9.17, 15) is 13.2 Å². The fraction of sp³-hybridized carbons (Fsp3) is 0.444. The zero-order valence-corrected chi connectivity index (χ0v) is 10.8. The van der Waals surface area contributed by atoms with Crippen LogP contribution in [0.5, 0.6) is 0 Å². The summed E-state index contributed by atoms with van der Waals surface area (Å²) in [5.41, 5.74) is -0.236. The first-order chi connectivity index (χ1) is 8.34. The van der Waals surface area contributed by atoms with Crippen molar-refractivity contribution in [3.63, 3.8) is 0 Å². The van der Waals surface area contributed by atoms with E-state index in [0.29, 0.717) is 0 Å². The molecule has 0 saturated carbocycles. The van der Waals surface area contributed by atoms with Gasteiger partial charge in [0.05, 0.1) is 5.75 Å². The second kappa shape index (κ2) is 5.74. The van der Waals surface area contributed by atoms with Gasteiger partial charge in [-0.3, -0.25) is 0 Å². The van der Waals surface area contributed by atoms with Crippen LogP contribution in [0.4, 0.5) is 5.82 Å². The minimum Gasteiger partial charge on any atom is -0.476 e. The Balaban J connectivity index is 2.68. The topological polar surface area (TPSA) is 112 Å². The highest BCUT2D eigenvalue weighted by molar-refractivity contribution is 7.89. The Bertz CT molecular complexity index is 529.